The van der Waals surface area contributed by atoms with Gasteiger partial charge in [0.2, 0.25) is 0 Å². The van der Waals surface area contributed by atoms with Crippen molar-refractivity contribution >= 4 is 21.5 Å². The number of rotatable bonds is 6. The lowest BCUT2D eigenvalue weighted by Gasteiger charge is -2.05. The van der Waals surface area contributed by atoms with Crippen LogP contribution in [0.2, 0.25) is 0 Å². The first-order valence-corrected chi connectivity index (χ1v) is 9.90. The highest BCUT2D eigenvalue weighted by molar-refractivity contribution is 7.90. The van der Waals surface area contributed by atoms with Gasteiger partial charge in [-0.3, -0.25) is 10.1 Å². The van der Waals surface area contributed by atoms with Crippen LogP contribution in [0.3, 0.4) is 0 Å². The van der Waals surface area contributed by atoms with Crippen molar-refractivity contribution in [2.75, 3.05) is 6.26 Å². The highest BCUT2D eigenvalue weighted by Crippen LogP contribution is 2.25. The van der Waals surface area contributed by atoms with Crippen molar-refractivity contribution in [2.24, 2.45) is 0 Å². The lowest BCUT2D eigenvalue weighted by molar-refractivity contribution is -0.387. The molecule has 0 aliphatic heterocycles. The number of aromatic nitrogens is 2. The van der Waals surface area contributed by atoms with Crippen molar-refractivity contribution in [3.63, 3.8) is 0 Å². The zero-order chi connectivity index (χ0) is 20.3. The summed E-state index contributed by atoms with van der Waals surface area (Å²) in [5.74, 6) is -0.822. The molecule has 0 unspecified atom stereocenters. The lowest BCUT2D eigenvalue weighted by atomic mass is 10.2. The predicted octanol–water partition coefficient (Wildman–Crippen LogP) is 2.54. The fourth-order valence-corrected chi connectivity index (χ4v) is 3.32. The SMILES string of the molecule is CS(=O)(=O)c1ccc(C(=O)OCc2ccn(-c3ccccc3)n2)cc1[N+](=O)[O-]. The second-order valence-electron chi connectivity index (χ2n) is 5.88. The fraction of sp³-hybridized carbons (Fsp3) is 0.111. The summed E-state index contributed by atoms with van der Waals surface area (Å²) in [5, 5.41) is 15.4. The Balaban J connectivity index is 1.74. The summed E-state index contributed by atoms with van der Waals surface area (Å²) in [6.07, 6.45) is 2.57. The van der Waals surface area contributed by atoms with Crippen molar-refractivity contribution in [1.82, 2.24) is 9.78 Å². The lowest BCUT2D eigenvalue weighted by Crippen LogP contribution is -2.09. The van der Waals surface area contributed by atoms with E-state index in [1.807, 2.05) is 30.3 Å². The van der Waals surface area contributed by atoms with Gasteiger partial charge in [-0.15, -0.1) is 0 Å². The van der Waals surface area contributed by atoms with E-state index in [9.17, 15) is 23.3 Å². The van der Waals surface area contributed by atoms with Gasteiger partial charge in [0.15, 0.2) is 9.84 Å². The van der Waals surface area contributed by atoms with E-state index >= 15 is 0 Å². The minimum Gasteiger partial charge on any atom is -0.456 e. The highest BCUT2D eigenvalue weighted by Gasteiger charge is 2.24. The molecule has 0 radical (unpaired) electrons. The number of hydrogen-bond acceptors (Lipinski definition) is 7. The highest BCUT2D eigenvalue weighted by atomic mass is 32.2. The second kappa shape index (κ2) is 7.61. The molecule has 0 aliphatic carbocycles. The Morgan fingerprint density at radius 3 is 2.54 bits per heavy atom. The first-order valence-electron chi connectivity index (χ1n) is 8.01. The molecule has 1 aromatic heterocycles. The quantitative estimate of drug-likeness (QED) is 0.353. The van der Waals surface area contributed by atoms with Crippen LogP contribution in [-0.2, 0) is 21.2 Å². The van der Waals surface area contributed by atoms with E-state index in [0.29, 0.717) is 5.69 Å². The van der Waals surface area contributed by atoms with Crippen LogP contribution in [0.4, 0.5) is 5.69 Å². The minimum atomic E-state index is -3.81. The summed E-state index contributed by atoms with van der Waals surface area (Å²) in [6.45, 7) is -0.139. The van der Waals surface area contributed by atoms with Gasteiger partial charge in [-0.05, 0) is 30.3 Å². The standard InChI is InChI=1S/C18H15N3O6S/c1-28(25,26)17-8-7-13(11-16(17)21(23)24)18(22)27-12-14-9-10-20(19-14)15-5-3-2-4-6-15/h2-11H,12H2,1H3. The summed E-state index contributed by atoms with van der Waals surface area (Å²) in [6, 6.07) is 14.1. The largest absolute Gasteiger partial charge is 0.456 e. The number of para-hydroxylation sites is 1. The molecule has 1 heterocycles. The van der Waals surface area contributed by atoms with E-state index in [0.717, 1.165) is 24.1 Å². The Labute approximate surface area is 160 Å². The number of esters is 1. The number of nitrogens with zero attached hydrogens (tertiary/aromatic N) is 3. The van der Waals surface area contributed by atoms with Crippen LogP contribution in [-0.4, -0.2) is 35.3 Å². The number of nitro benzene ring substituents is 1. The molecule has 10 heteroatoms. The molecular weight excluding hydrogens is 386 g/mol. The molecule has 0 N–H and O–H groups in total. The maximum absolute atomic E-state index is 12.2. The molecule has 3 rings (SSSR count). The van der Waals surface area contributed by atoms with Gasteiger partial charge in [0, 0.05) is 18.5 Å². The Bertz CT molecular complexity index is 1140. The summed E-state index contributed by atoms with van der Waals surface area (Å²) < 4.78 is 30.0. The normalized spacial score (nSPS) is 11.2. The third-order valence-electron chi connectivity index (χ3n) is 3.81. The molecular formula is C18H15N3O6S. The summed E-state index contributed by atoms with van der Waals surface area (Å²) in [7, 11) is -3.81. The fourth-order valence-electron chi connectivity index (χ4n) is 2.49. The van der Waals surface area contributed by atoms with Crippen LogP contribution in [0, 0.1) is 10.1 Å². The maximum Gasteiger partial charge on any atom is 0.338 e. The summed E-state index contributed by atoms with van der Waals surface area (Å²) >= 11 is 0. The summed E-state index contributed by atoms with van der Waals surface area (Å²) in [4.78, 5) is 22.0. The second-order valence-corrected chi connectivity index (χ2v) is 7.86. The molecule has 9 nitrogen and oxygen atoms in total. The molecule has 0 spiro atoms. The van der Waals surface area contributed by atoms with Gasteiger partial charge in [-0.2, -0.15) is 5.10 Å². The minimum absolute atomic E-state index is 0.124. The third kappa shape index (κ3) is 4.23. The zero-order valence-corrected chi connectivity index (χ0v) is 15.5. The average Bonchev–Trinajstić information content (AvgIpc) is 3.14. The van der Waals surface area contributed by atoms with E-state index in [1.54, 1.807) is 16.9 Å². The van der Waals surface area contributed by atoms with Crippen LogP contribution < -0.4 is 0 Å². The Hall–Kier alpha value is -3.53. The predicted molar refractivity (Wildman–Crippen MR) is 98.9 cm³/mol. The number of ether oxygens (including phenoxy) is 1. The Morgan fingerprint density at radius 1 is 1.18 bits per heavy atom. The van der Waals surface area contributed by atoms with Crippen molar-refractivity contribution in [3.8, 4) is 5.69 Å². The number of nitro groups is 1. The Kier molecular flexibility index (Phi) is 5.23. The van der Waals surface area contributed by atoms with Crippen LogP contribution in [0.1, 0.15) is 16.1 Å². The van der Waals surface area contributed by atoms with E-state index < -0.39 is 31.3 Å². The van der Waals surface area contributed by atoms with E-state index in [-0.39, 0.29) is 12.2 Å². The topological polar surface area (TPSA) is 121 Å². The van der Waals surface area contributed by atoms with E-state index in [4.69, 9.17) is 4.74 Å². The molecule has 0 aliphatic rings. The van der Waals surface area contributed by atoms with Gasteiger partial charge >= 0.3 is 5.97 Å². The monoisotopic (exact) mass is 401 g/mol. The number of carbonyl (C=O) groups excluding carboxylic acids is 1. The van der Waals surface area contributed by atoms with Gasteiger partial charge in [-0.1, -0.05) is 18.2 Å². The third-order valence-corrected chi connectivity index (χ3v) is 4.95. The number of hydrogen-bond donors (Lipinski definition) is 0. The molecule has 0 atom stereocenters. The van der Waals surface area contributed by atoms with Crippen LogP contribution in [0.15, 0.2) is 65.7 Å². The molecule has 28 heavy (non-hydrogen) atoms. The summed E-state index contributed by atoms with van der Waals surface area (Å²) in [5.41, 5.74) is 0.526. The first-order chi connectivity index (χ1) is 13.3. The van der Waals surface area contributed by atoms with Gasteiger partial charge in [-0.25, -0.2) is 17.9 Å². The smallest absolute Gasteiger partial charge is 0.338 e. The maximum atomic E-state index is 12.2. The zero-order valence-electron chi connectivity index (χ0n) is 14.7. The van der Waals surface area contributed by atoms with E-state index in [2.05, 4.69) is 5.10 Å². The van der Waals surface area contributed by atoms with Crippen molar-refractivity contribution in [1.29, 1.82) is 0 Å². The van der Waals surface area contributed by atoms with Crippen molar-refractivity contribution in [2.45, 2.75) is 11.5 Å². The number of sulfone groups is 1. The van der Waals surface area contributed by atoms with Crippen molar-refractivity contribution in [3.05, 3.63) is 82.2 Å². The van der Waals surface area contributed by atoms with Crippen LogP contribution in [0.5, 0.6) is 0 Å². The molecule has 0 saturated carbocycles. The van der Waals surface area contributed by atoms with E-state index in [1.165, 1.54) is 6.07 Å². The van der Waals surface area contributed by atoms with Crippen molar-refractivity contribution < 1.29 is 22.9 Å². The number of benzene rings is 2. The molecule has 0 fully saturated rings. The molecule has 0 amide bonds. The molecule has 3 aromatic rings. The Morgan fingerprint density at radius 2 is 1.89 bits per heavy atom. The molecule has 0 bridgehead atoms. The molecule has 2 aromatic carbocycles. The van der Waals surface area contributed by atoms with Gasteiger partial charge in [0.25, 0.3) is 5.69 Å². The first kappa shape index (κ1) is 19.2. The van der Waals surface area contributed by atoms with Gasteiger partial charge in [0.1, 0.15) is 17.2 Å². The molecule has 144 valence electrons. The van der Waals surface area contributed by atoms with Gasteiger partial charge < -0.3 is 4.74 Å². The van der Waals surface area contributed by atoms with Crippen LogP contribution >= 0.6 is 0 Å². The number of carbonyl (C=O) groups is 1. The van der Waals surface area contributed by atoms with Gasteiger partial charge in [0.05, 0.1) is 16.2 Å². The van der Waals surface area contributed by atoms with Crippen LogP contribution in [0.25, 0.3) is 5.69 Å². The average molecular weight is 401 g/mol. The molecule has 0 saturated heterocycles.